The van der Waals surface area contributed by atoms with Crippen molar-refractivity contribution in [3.8, 4) is 0 Å². The van der Waals surface area contributed by atoms with Gasteiger partial charge in [-0.05, 0) is 36.5 Å². The summed E-state index contributed by atoms with van der Waals surface area (Å²) in [4.78, 5) is 14.7. The van der Waals surface area contributed by atoms with Crippen molar-refractivity contribution in [1.82, 2.24) is 10.2 Å². The summed E-state index contributed by atoms with van der Waals surface area (Å²) in [5, 5.41) is 3.15. The van der Waals surface area contributed by atoms with Gasteiger partial charge in [0.2, 0.25) is 0 Å². The van der Waals surface area contributed by atoms with E-state index in [1.807, 2.05) is 24.3 Å². The second-order valence-corrected chi connectivity index (χ2v) is 6.34. The predicted molar refractivity (Wildman–Crippen MR) is 86.1 cm³/mol. The SMILES string of the molecule is CC(C)CN1CCC(NC(=O)c2ccc(CN)cc2)CC1. The smallest absolute Gasteiger partial charge is 0.251 e. The average molecular weight is 289 g/mol. The molecule has 0 bridgehead atoms. The number of carbonyl (C=O) groups is 1. The van der Waals surface area contributed by atoms with Gasteiger partial charge in [-0.15, -0.1) is 0 Å². The Bertz CT molecular complexity index is 448. The van der Waals surface area contributed by atoms with Crippen molar-refractivity contribution in [3.05, 3.63) is 35.4 Å². The highest BCUT2D eigenvalue weighted by Crippen LogP contribution is 2.13. The highest BCUT2D eigenvalue weighted by molar-refractivity contribution is 5.94. The largest absolute Gasteiger partial charge is 0.349 e. The molecule has 0 atom stereocenters. The fourth-order valence-electron chi connectivity index (χ4n) is 2.84. The lowest BCUT2D eigenvalue weighted by Crippen LogP contribution is -2.45. The van der Waals surface area contributed by atoms with Crippen LogP contribution in [0.25, 0.3) is 0 Å². The molecule has 0 saturated carbocycles. The van der Waals surface area contributed by atoms with E-state index in [-0.39, 0.29) is 5.91 Å². The molecule has 0 spiro atoms. The number of hydrogen-bond acceptors (Lipinski definition) is 3. The van der Waals surface area contributed by atoms with Gasteiger partial charge in [-0.1, -0.05) is 26.0 Å². The van der Waals surface area contributed by atoms with E-state index in [0.717, 1.165) is 43.6 Å². The Morgan fingerprint density at radius 3 is 2.43 bits per heavy atom. The zero-order valence-electron chi connectivity index (χ0n) is 13.1. The summed E-state index contributed by atoms with van der Waals surface area (Å²) in [6.45, 7) is 8.32. The number of hydrogen-bond donors (Lipinski definition) is 2. The van der Waals surface area contributed by atoms with Crippen LogP contribution in [0.15, 0.2) is 24.3 Å². The zero-order chi connectivity index (χ0) is 15.2. The highest BCUT2D eigenvalue weighted by Gasteiger charge is 2.21. The van der Waals surface area contributed by atoms with Gasteiger partial charge in [0.1, 0.15) is 0 Å². The van der Waals surface area contributed by atoms with Crippen molar-refractivity contribution in [2.45, 2.75) is 39.3 Å². The Labute approximate surface area is 127 Å². The van der Waals surface area contributed by atoms with Crippen LogP contribution in [0.5, 0.6) is 0 Å². The van der Waals surface area contributed by atoms with Crippen LogP contribution < -0.4 is 11.1 Å². The zero-order valence-corrected chi connectivity index (χ0v) is 13.1. The Balaban J connectivity index is 1.81. The third-order valence-corrected chi connectivity index (χ3v) is 4.00. The lowest BCUT2D eigenvalue weighted by atomic mass is 10.0. The Morgan fingerprint density at radius 1 is 1.29 bits per heavy atom. The van der Waals surface area contributed by atoms with Crippen molar-refractivity contribution >= 4 is 5.91 Å². The van der Waals surface area contributed by atoms with Gasteiger partial charge >= 0.3 is 0 Å². The third kappa shape index (κ3) is 4.83. The van der Waals surface area contributed by atoms with E-state index >= 15 is 0 Å². The van der Waals surface area contributed by atoms with E-state index in [0.29, 0.717) is 18.5 Å². The van der Waals surface area contributed by atoms with Crippen LogP contribution in [0.2, 0.25) is 0 Å². The summed E-state index contributed by atoms with van der Waals surface area (Å²) in [5.41, 5.74) is 7.34. The van der Waals surface area contributed by atoms with Gasteiger partial charge in [0.05, 0.1) is 0 Å². The van der Waals surface area contributed by atoms with Gasteiger partial charge in [0, 0.05) is 37.8 Å². The van der Waals surface area contributed by atoms with E-state index in [9.17, 15) is 4.79 Å². The fraction of sp³-hybridized carbons (Fsp3) is 0.588. The molecule has 2 rings (SSSR count). The molecule has 1 fully saturated rings. The maximum atomic E-state index is 12.2. The van der Waals surface area contributed by atoms with Gasteiger partial charge in [0.25, 0.3) is 5.91 Å². The molecular formula is C17H27N3O. The molecule has 116 valence electrons. The number of likely N-dealkylation sites (tertiary alicyclic amines) is 1. The van der Waals surface area contributed by atoms with Crippen molar-refractivity contribution in [1.29, 1.82) is 0 Å². The predicted octanol–water partition coefficient (Wildman–Crippen LogP) is 2.00. The molecule has 0 aliphatic carbocycles. The summed E-state index contributed by atoms with van der Waals surface area (Å²) >= 11 is 0. The van der Waals surface area contributed by atoms with E-state index in [2.05, 4.69) is 24.1 Å². The lowest BCUT2D eigenvalue weighted by Gasteiger charge is -2.33. The molecule has 21 heavy (non-hydrogen) atoms. The minimum atomic E-state index is 0.0286. The van der Waals surface area contributed by atoms with Crippen LogP contribution in [0.3, 0.4) is 0 Å². The average Bonchev–Trinajstić information content (AvgIpc) is 2.49. The molecule has 0 unspecified atom stereocenters. The molecule has 1 aromatic rings. The topological polar surface area (TPSA) is 58.4 Å². The summed E-state index contributed by atoms with van der Waals surface area (Å²) in [6, 6.07) is 7.84. The fourth-order valence-corrected chi connectivity index (χ4v) is 2.84. The van der Waals surface area contributed by atoms with Crippen molar-refractivity contribution in [2.75, 3.05) is 19.6 Å². The van der Waals surface area contributed by atoms with Gasteiger partial charge < -0.3 is 16.0 Å². The number of nitrogens with zero attached hydrogens (tertiary/aromatic N) is 1. The van der Waals surface area contributed by atoms with Crippen LogP contribution in [0.1, 0.15) is 42.6 Å². The summed E-state index contributed by atoms with van der Waals surface area (Å²) in [7, 11) is 0. The molecule has 1 aliphatic rings. The monoisotopic (exact) mass is 289 g/mol. The summed E-state index contributed by atoms with van der Waals surface area (Å²) in [5.74, 6) is 0.734. The summed E-state index contributed by atoms with van der Waals surface area (Å²) in [6.07, 6.45) is 2.08. The first-order valence-corrected chi connectivity index (χ1v) is 7.90. The minimum absolute atomic E-state index is 0.0286. The van der Waals surface area contributed by atoms with Crippen LogP contribution >= 0.6 is 0 Å². The number of nitrogens with two attached hydrogens (primary N) is 1. The van der Waals surface area contributed by atoms with Crippen LogP contribution in [0, 0.1) is 5.92 Å². The molecule has 0 aromatic heterocycles. The van der Waals surface area contributed by atoms with Gasteiger partial charge in [0.15, 0.2) is 0 Å². The first-order valence-electron chi connectivity index (χ1n) is 7.90. The first kappa shape index (κ1) is 16.0. The number of rotatable bonds is 5. The first-order chi connectivity index (χ1) is 10.1. The second kappa shape index (κ2) is 7.57. The van der Waals surface area contributed by atoms with E-state index in [4.69, 9.17) is 5.73 Å². The Hall–Kier alpha value is -1.39. The number of nitrogens with one attached hydrogen (secondary N) is 1. The minimum Gasteiger partial charge on any atom is -0.349 e. The second-order valence-electron chi connectivity index (χ2n) is 6.34. The molecule has 4 nitrogen and oxygen atoms in total. The number of piperidine rings is 1. The molecular weight excluding hydrogens is 262 g/mol. The van der Waals surface area contributed by atoms with Crippen molar-refractivity contribution in [3.63, 3.8) is 0 Å². The van der Waals surface area contributed by atoms with Gasteiger partial charge in [-0.2, -0.15) is 0 Å². The van der Waals surface area contributed by atoms with Crippen molar-refractivity contribution in [2.24, 2.45) is 11.7 Å². The van der Waals surface area contributed by atoms with Gasteiger partial charge in [-0.25, -0.2) is 0 Å². The maximum absolute atomic E-state index is 12.2. The quantitative estimate of drug-likeness (QED) is 0.871. The van der Waals surface area contributed by atoms with E-state index in [1.54, 1.807) is 0 Å². The molecule has 1 saturated heterocycles. The molecule has 1 heterocycles. The highest BCUT2D eigenvalue weighted by atomic mass is 16.1. The van der Waals surface area contributed by atoms with E-state index < -0.39 is 0 Å². The van der Waals surface area contributed by atoms with Gasteiger partial charge in [-0.3, -0.25) is 4.79 Å². The summed E-state index contributed by atoms with van der Waals surface area (Å²) < 4.78 is 0. The third-order valence-electron chi connectivity index (χ3n) is 4.00. The molecule has 1 aliphatic heterocycles. The molecule has 0 radical (unpaired) electrons. The Morgan fingerprint density at radius 2 is 1.90 bits per heavy atom. The molecule has 4 heteroatoms. The molecule has 1 aromatic carbocycles. The van der Waals surface area contributed by atoms with Crippen LogP contribution in [-0.2, 0) is 6.54 Å². The number of benzene rings is 1. The normalized spacial score (nSPS) is 17.1. The molecule has 3 N–H and O–H groups in total. The Kier molecular flexibility index (Phi) is 5.76. The van der Waals surface area contributed by atoms with Crippen LogP contribution in [-0.4, -0.2) is 36.5 Å². The lowest BCUT2D eigenvalue weighted by molar-refractivity contribution is 0.0907. The number of carbonyl (C=O) groups excluding carboxylic acids is 1. The van der Waals surface area contributed by atoms with Crippen molar-refractivity contribution < 1.29 is 4.79 Å². The van der Waals surface area contributed by atoms with E-state index in [1.165, 1.54) is 0 Å². The maximum Gasteiger partial charge on any atom is 0.251 e. The molecule has 1 amide bonds. The standard InChI is InChI=1S/C17H27N3O/c1-13(2)12-20-9-7-16(8-10-20)19-17(21)15-5-3-14(11-18)4-6-15/h3-6,13,16H,7-12,18H2,1-2H3,(H,19,21). The number of amides is 1. The van der Waals surface area contributed by atoms with Crippen LogP contribution in [0.4, 0.5) is 0 Å².